The largest absolute Gasteiger partial charge is 0.390 e. The molecule has 230 valence electrons. The molecule has 1 saturated heterocycles. The second-order valence-electron chi connectivity index (χ2n) is 13.4. The van der Waals surface area contributed by atoms with Gasteiger partial charge in [-0.25, -0.2) is 13.2 Å². The molecule has 1 saturated carbocycles. The molecule has 0 unspecified atom stereocenters. The van der Waals surface area contributed by atoms with Crippen LogP contribution in [0.3, 0.4) is 0 Å². The molecule has 3 aromatic rings. The van der Waals surface area contributed by atoms with Gasteiger partial charge in [-0.2, -0.15) is 0 Å². The van der Waals surface area contributed by atoms with Gasteiger partial charge in [-0.1, -0.05) is 30.6 Å². The van der Waals surface area contributed by atoms with E-state index in [2.05, 4.69) is 10.1 Å². The third-order valence-corrected chi connectivity index (χ3v) is 9.23. The lowest BCUT2D eigenvalue weighted by Gasteiger charge is -2.55. The Hall–Kier alpha value is -3.01. The summed E-state index contributed by atoms with van der Waals surface area (Å²) < 4.78 is 47.0. The van der Waals surface area contributed by atoms with Crippen molar-refractivity contribution < 1.29 is 32.4 Å². The number of aromatic nitrogens is 1. The summed E-state index contributed by atoms with van der Waals surface area (Å²) in [6, 6.07) is 8.90. The zero-order chi connectivity index (χ0) is 31.2. The van der Waals surface area contributed by atoms with Crippen LogP contribution in [0.1, 0.15) is 81.8 Å². The summed E-state index contributed by atoms with van der Waals surface area (Å²) in [5.41, 5.74) is -1.40. The van der Waals surface area contributed by atoms with E-state index in [1.165, 1.54) is 24.3 Å². The quantitative estimate of drug-likeness (QED) is 0.241. The molecule has 2 fully saturated rings. The van der Waals surface area contributed by atoms with Gasteiger partial charge in [0, 0.05) is 61.0 Å². The van der Waals surface area contributed by atoms with Gasteiger partial charge in [-0.15, -0.1) is 0 Å². The van der Waals surface area contributed by atoms with Crippen LogP contribution in [0.25, 0.3) is 11.3 Å². The van der Waals surface area contributed by atoms with E-state index in [0.29, 0.717) is 31.5 Å². The minimum Gasteiger partial charge on any atom is -0.390 e. The summed E-state index contributed by atoms with van der Waals surface area (Å²) in [6.07, 6.45) is 3.33. The first kappa shape index (κ1) is 31.4. The molecule has 0 radical (unpaired) electrons. The van der Waals surface area contributed by atoms with E-state index in [9.17, 15) is 27.9 Å². The maximum absolute atomic E-state index is 14.3. The highest BCUT2D eigenvalue weighted by Crippen LogP contribution is 2.44. The fourth-order valence-electron chi connectivity index (χ4n) is 6.62. The van der Waals surface area contributed by atoms with Crippen LogP contribution in [0.2, 0.25) is 5.02 Å². The third kappa shape index (κ3) is 7.21. The van der Waals surface area contributed by atoms with Crippen molar-refractivity contribution in [3.63, 3.8) is 0 Å². The number of aliphatic hydroxyl groups is 1. The summed E-state index contributed by atoms with van der Waals surface area (Å²) in [6.45, 7) is 6.63. The molecule has 1 aliphatic carbocycles. The molecular weight excluding hydrogens is 581 g/mol. The maximum atomic E-state index is 14.3. The van der Waals surface area contributed by atoms with Gasteiger partial charge in [0.15, 0.2) is 11.5 Å². The minimum absolute atomic E-state index is 0.00553. The van der Waals surface area contributed by atoms with Crippen molar-refractivity contribution in [1.29, 1.82) is 0 Å². The number of rotatable bonds is 10. The van der Waals surface area contributed by atoms with Crippen molar-refractivity contribution in [3.8, 4) is 11.3 Å². The van der Waals surface area contributed by atoms with Gasteiger partial charge in [0.25, 0.3) is 0 Å². The van der Waals surface area contributed by atoms with Crippen molar-refractivity contribution in [2.24, 2.45) is 5.41 Å². The van der Waals surface area contributed by atoms with Crippen molar-refractivity contribution in [1.82, 2.24) is 10.1 Å². The van der Waals surface area contributed by atoms with E-state index in [1.807, 2.05) is 20.8 Å². The molecule has 1 aliphatic heterocycles. The van der Waals surface area contributed by atoms with Crippen LogP contribution in [0.4, 0.5) is 13.2 Å². The lowest BCUT2D eigenvalue weighted by Crippen LogP contribution is -2.62. The van der Waals surface area contributed by atoms with Crippen LogP contribution >= 0.6 is 11.6 Å². The summed E-state index contributed by atoms with van der Waals surface area (Å²) in [5, 5.41) is 14.5. The van der Waals surface area contributed by atoms with Gasteiger partial charge in [0.1, 0.15) is 28.9 Å². The van der Waals surface area contributed by atoms with Crippen LogP contribution in [0.5, 0.6) is 0 Å². The molecule has 0 atom stereocenters. The molecule has 0 bridgehead atoms. The Balaban J connectivity index is 1.32. The van der Waals surface area contributed by atoms with E-state index in [0.717, 1.165) is 25.0 Å². The number of carbonyl (C=O) groups is 2. The monoisotopic (exact) mass is 616 g/mol. The summed E-state index contributed by atoms with van der Waals surface area (Å²) in [7, 11) is 0. The predicted molar refractivity (Wildman–Crippen MR) is 156 cm³/mol. The van der Waals surface area contributed by atoms with Crippen LogP contribution in [0, 0.1) is 22.9 Å². The molecule has 0 spiro atoms. The third-order valence-electron chi connectivity index (χ3n) is 9.01. The summed E-state index contributed by atoms with van der Waals surface area (Å²) in [5.74, 6) is -2.43. The van der Waals surface area contributed by atoms with Gasteiger partial charge in [0.2, 0.25) is 0 Å². The summed E-state index contributed by atoms with van der Waals surface area (Å²) >= 11 is 6.08. The first-order valence-electron chi connectivity index (χ1n) is 14.5. The van der Waals surface area contributed by atoms with Gasteiger partial charge in [0.05, 0.1) is 11.2 Å². The zero-order valence-corrected chi connectivity index (χ0v) is 25.3. The number of likely N-dealkylation sites (tertiary alicyclic amines) is 1. The molecule has 43 heavy (non-hydrogen) atoms. The first-order valence-corrected chi connectivity index (χ1v) is 14.9. The van der Waals surface area contributed by atoms with Crippen molar-refractivity contribution in [2.45, 2.75) is 82.8 Å². The highest BCUT2D eigenvalue weighted by atomic mass is 35.5. The fourth-order valence-corrected chi connectivity index (χ4v) is 6.85. The zero-order valence-electron chi connectivity index (χ0n) is 24.6. The Morgan fingerprint density at radius 2 is 1.74 bits per heavy atom. The van der Waals surface area contributed by atoms with E-state index >= 15 is 0 Å². The number of carbonyl (C=O) groups excluding carboxylic acids is 2. The maximum Gasteiger partial charge on any atom is 0.185 e. The highest BCUT2D eigenvalue weighted by molar-refractivity contribution is 6.30. The van der Waals surface area contributed by atoms with Crippen molar-refractivity contribution in [2.75, 3.05) is 13.1 Å². The Kier molecular flexibility index (Phi) is 8.64. The molecular formula is C33H36ClF3N2O4. The van der Waals surface area contributed by atoms with E-state index < -0.39 is 33.9 Å². The number of hydrogen-bond donors (Lipinski definition) is 1. The second-order valence-corrected chi connectivity index (χ2v) is 13.8. The standard InChI is InChI=1S/C33H36ClF3N2O4/c1-31(2,20-10-21(34)12-23(36)11-20)15-25(40)16-33(18-39(19-33)24-6-8-32(3,42)9-7-24)17-29(41)28-14-30(43-38-28)26-5-4-22(35)13-27(26)37/h4-5,10-14,24,42H,6-9,15-19H2,1-3H3. The van der Waals surface area contributed by atoms with Gasteiger partial charge < -0.3 is 9.63 Å². The molecule has 1 N–H and O–H groups in total. The molecule has 5 rings (SSSR count). The average molecular weight is 617 g/mol. The minimum atomic E-state index is -0.833. The van der Waals surface area contributed by atoms with Crippen LogP contribution in [0.15, 0.2) is 47.0 Å². The van der Waals surface area contributed by atoms with Crippen LogP contribution < -0.4 is 0 Å². The Morgan fingerprint density at radius 3 is 2.40 bits per heavy atom. The molecule has 1 aromatic heterocycles. The molecule has 0 amide bonds. The lowest BCUT2D eigenvalue weighted by atomic mass is 9.68. The number of ketones is 2. The van der Waals surface area contributed by atoms with Gasteiger partial charge >= 0.3 is 0 Å². The molecule has 6 nitrogen and oxygen atoms in total. The number of halogens is 4. The Labute approximate surface area is 254 Å². The van der Waals surface area contributed by atoms with E-state index in [1.54, 1.807) is 6.07 Å². The Bertz CT molecular complexity index is 1500. The van der Waals surface area contributed by atoms with Crippen LogP contribution in [-0.4, -0.2) is 51.5 Å². The fraction of sp³-hybridized carbons (Fsp3) is 0.485. The van der Waals surface area contributed by atoms with Gasteiger partial charge in [-0.3, -0.25) is 14.5 Å². The molecule has 2 heterocycles. The smallest absolute Gasteiger partial charge is 0.185 e. The molecule has 2 aliphatic rings. The number of hydrogen-bond acceptors (Lipinski definition) is 6. The Morgan fingerprint density at radius 1 is 1.05 bits per heavy atom. The average Bonchev–Trinajstić information content (AvgIpc) is 3.36. The van der Waals surface area contributed by atoms with Crippen molar-refractivity contribution >= 4 is 23.2 Å². The summed E-state index contributed by atoms with van der Waals surface area (Å²) in [4.78, 5) is 29.3. The highest BCUT2D eigenvalue weighted by Gasteiger charge is 2.49. The number of Topliss-reactive ketones (excluding diaryl/α,β-unsaturated/α-hetero) is 2. The SMILES string of the molecule is CC1(O)CCC(N2CC(CC(=O)CC(C)(C)c3cc(F)cc(Cl)c3)(CC(=O)c3cc(-c4ccc(F)cc4F)on3)C2)CC1. The second kappa shape index (κ2) is 11.8. The molecule has 2 aromatic carbocycles. The van der Waals surface area contributed by atoms with Gasteiger partial charge in [-0.05, 0) is 73.9 Å². The predicted octanol–water partition coefficient (Wildman–Crippen LogP) is 7.31. The lowest BCUT2D eigenvalue weighted by molar-refractivity contribution is -0.128. The normalized spacial score (nSPS) is 22.3. The molecule has 10 heteroatoms. The first-order chi connectivity index (χ1) is 20.1. The number of nitrogens with zero attached hydrogens (tertiary/aromatic N) is 2. The van der Waals surface area contributed by atoms with Crippen molar-refractivity contribution in [3.05, 3.63) is 76.2 Å². The van der Waals surface area contributed by atoms with Crippen LogP contribution in [-0.2, 0) is 10.2 Å². The van der Waals surface area contributed by atoms with E-state index in [4.69, 9.17) is 16.1 Å². The van der Waals surface area contributed by atoms with E-state index in [-0.39, 0.29) is 58.9 Å². The number of benzene rings is 2. The topological polar surface area (TPSA) is 83.6 Å².